The second-order valence-corrected chi connectivity index (χ2v) is 9.23. The van der Waals surface area contributed by atoms with Gasteiger partial charge in [0.15, 0.2) is 0 Å². The van der Waals surface area contributed by atoms with E-state index in [0.717, 1.165) is 12.2 Å². The smallest absolute Gasteiger partial charge is 0.330 e. The monoisotopic (exact) mass is 498 g/mol. The molecular weight excluding hydrogens is 486 g/mol. The number of hydrogen-bond donors (Lipinski definition) is 0. The zero-order valence-corrected chi connectivity index (χ0v) is 18.8. The zero-order valence-electron chi connectivity index (χ0n) is 15.0. The third kappa shape index (κ3) is 4.98. The predicted molar refractivity (Wildman–Crippen MR) is 112 cm³/mol. The van der Waals surface area contributed by atoms with E-state index in [0.29, 0.717) is 0 Å². The maximum atomic E-state index is 13.1. The molecule has 2 atom stereocenters. The lowest BCUT2D eigenvalue weighted by Crippen LogP contribution is -2.19. The van der Waals surface area contributed by atoms with Crippen LogP contribution in [0.4, 0.5) is 0 Å². The first kappa shape index (κ1) is 23.8. The van der Waals surface area contributed by atoms with E-state index >= 15 is 0 Å². The van der Waals surface area contributed by atoms with Crippen molar-refractivity contribution in [2.24, 2.45) is 0 Å². The van der Waals surface area contributed by atoms with Crippen molar-refractivity contribution < 1.29 is 27.5 Å². The lowest BCUT2D eigenvalue weighted by molar-refractivity contribution is -0.135. The van der Waals surface area contributed by atoms with Gasteiger partial charge in [-0.1, -0.05) is 35.4 Å². The second-order valence-electron chi connectivity index (χ2n) is 5.65. The van der Waals surface area contributed by atoms with Gasteiger partial charge in [0, 0.05) is 12.2 Å². The van der Waals surface area contributed by atoms with Crippen LogP contribution in [-0.2, 0) is 28.9 Å². The molecule has 11 heteroatoms. The molecule has 0 aromatic carbocycles. The number of ether oxygens (including phenoxy) is 2. The van der Waals surface area contributed by atoms with Crippen molar-refractivity contribution >= 4 is 68.2 Å². The molecule has 0 spiro atoms. The van der Waals surface area contributed by atoms with E-state index in [9.17, 15) is 18.0 Å². The first-order chi connectivity index (χ1) is 13.5. The zero-order chi connectivity index (χ0) is 21.9. The Morgan fingerprint density at radius 1 is 0.828 bits per heavy atom. The molecule has 2 unspecified atom stereocenters. The van der Waals surface area contributed by atoms with Gasteiger partial charge in [0.25, 0.3) is 0 Å². The standard InChI is InChI=1S/C18H14Cl4O6S/c1-27-13(23)7-9-3-5-11(17(21)15(9)19)29(25,26)12-6-4-10(8-14(24)28-2)16(20)18(12)22/h3-8,15-16H,1-2H3. The van der Waals surface area contributed by atoms with Gasteiger partial charge in [0.2, 0.25) is 9.84 Å². The Hall–Kier alpha value is -1.51. The number of carbonyl (C=O) groups excluding carboxylic acids is 2. The normalized spacial score (nSPS) is 25.0. The fourth-order valence-corrected chi connectivity index (χ4v) is 5.51. The molecule has 0 aromatic rings. The van der Waals surface area contributed by atoms with Crippen LogP contribution in [0.3, 0.4) is 0 Å². The molecule has 0 fully saturated rings. The summed E-state index contributed by atoms with van der Waals surface area (Å²) in [4.78, 5) is 22.2. The van der Waals surface area contributed by atoms with Gasteiger partial charge >= 0.3 is 11.9 Å². The number of rotatable bonds is 4. The Morgan fingerprint density at radius 2 is 1.17 bits per heavy atom. The number of sulfone groups is 1. The van der Waals surface area contributed by atoms with Crippen LogP contribution in [0.1, 0.15) is 0 Å². The average Bonchev–Trinajstić information content (AvgIpc) is 2.68. The van der Waals surface area contributed by atoms with E-state index in [4.69, 9.17) is 46.4 Å². The van der Waals surface area contributed by atoms with Crippen LogP contribution in [-0.4, -0.2) is 45.3 Å². The van der Waals surface area contributed by atoms with Crippen molar-refractivity contribution in [3.8, 4) is 0 Å². The van der Waals surface area contributed by atoms with Crippen molar-refractivity contribution in [1.29, 1.82) is 0 Å². The number of halogens is 4. The van der Waals surface area contributed by atoms with Crippen LogP contribution in [0.15, 0.2) is 67.5 Å². The minimum atomic E-state index is -4.20. The summed E-state index contributed by atoms with van der Waals surface area (Å²) in [6.07, 6.45) is 7.31. The third-order valence-corrected chi connectivity index (χ3v) is 8.01. The molecular formula is C18H14Cl4O6S. The lowest BCUT2D eigenvalue weighted by atomic mass is 10.1. The molecule has 2 aliphatic carbocycles. The number of methoxy groups -OCH3 is 2. The van der Waals surface area contributed by atoms with Crippen LogP contribution in [0.2, 0.25) is 0 Å². The lowest BCUT2D eigenvalue weighted by Gasteiger charge is -2.22. The van der Waals surface area contributed by atoms with Crippen molar-refractivity contribution in [1.82, 2.24) is 0 Å². The van der Waals surface area contributed by atoms with Gasteiger partial charge in [-0.2, -0.15) is 0 Å². The quantitative estimate of drug-likeness (QED) is 0.331. The van der Waals surface area contributed by atoms with Gasteiger partial charge in [-0.15, -0.1) is 23.2 Å². The van der Waals surface area contributed by atoms with Gasteiger partial charge in [0.05, 0.1) is 44.8 Å². The van der Waals surface area contributed by atoms with E-state index in [2.05, 4.69) is 9.47 Å². The van der Waals surface area contributed by atoms with Crippen molar-refractivity contribution in [3.63, 3.8) is 0 Å². The molecule has 0 bridgehead atoms. The van der Waals surface area contributed by atoms with Crippen molar-refractivity contribution in [3.05, 3.63) is 67.5 Å². The molecule has 0 amide bonds. The van der Waals surface area contributed by atoms with E-state index < -0.39 is 32.5 Å². The van der Waals surface area contributed by atoms with Gasteiger partial charge < -0.3 is 9.47 Å². The number of alkyl halides is 2. The third-order valence-electron chi connectivity index (χ3n) is 3.91. The summed E-state index contributed by atoms with van der Waals surface area (Å²) in [5.41, 5.74) is 0.528. The summed E-state index contributed by atoms with van der Waals surface area (Å²) < 4.78 is 35.2. The molecule has 0 aliphatic heterocycles. The van der Waals surface area contributed by atoms with E-state index in [1.54, 1.807) is 0 Å². The molecule has 0 radical (unpaired) electrons. The number of esters is 2. The van der Waals surface area contributed by atoms with Crippen LogP contribution in [0.5, 0.6) is 0 Å². The summed E-state index contributed by atoms with van der Waals surface area (Å²) in [5.74, 6) is -1.33. The molecule has 0 saturated heterocycles. The number of carbonyl (C=O) groups is 2. The predicted octanol–water partition coefficient (Wildman–Crippen LogP) is 3.86. The maximum absolute atomic E-state index is 13.1. The van der Waals surface area contributed by atoms with Crippen LogP contribution in [0.25, 0.3) is 0 Å². The Morgan fingerprint density at radius 3 is 1.48 bits per heavy atom. The molecule has 6 nitrogen and oxygen atoms in total. The second kappa shape index (κ2) is 9.53. The Balaban J connectivity index is 2.47. The fourth-order valence-electron chi connectivity index (χ4n) is 2.40. The topological polar surface area (TPSA) is 86.7 Å². The summed E-state index contributed by atoms with van der Waals surface area (Å²) in [6.45, 7) is 0. The minimum Gasteiger partial charge on any atom is -0.466 e. The first-order valence-electron chi connectivity index (χ1n) is 7.82. The summed E-state index contributed by atoms with van der Waals surface area (Å²) in [6, 6.07) is 0. The van der Waals surface area contributed by atoms with Gasteiger partial charge in [0.1, 0.15) is 0 Å². The molecule has 0 N–H and O–H groups in total. The summed E-state index contributed by atoms with van der Waals surface area (Å²) in [5, 5.41) is -2.59. The van der Waals surface area contributed by atoms with Crippen molar-refractivity contribution in [2.75, 3.05) is 14.2 Å². The highest BCUT2D eigenvalue weighted by atomic mass is 35.5. The Labute approximate surface area is 187 Å². The Kier molecular flexibility index (Phi) is 7.81. The van der Waals surface area contributed by atoms with Crippen LogP contribution in [0, 0.1) is 0 Å². The van der Waals surface area contributed by atoms with Gasteiger partial charge in [-0.05, 0) is 23.3 Å². The molecule has 0 saturated carbocycles. The highest BCUT2D eigenvalue weighted by molar-refractivity contribution is 7.99. The highest BCUT2D eigenvalue weighted by Crippen LogP contribution is 2.40. The molecule has 0 aromatic heterocycles. The minimum absolute atomic E-state index is 0.211. The number of hydrogen-bond acceptors (Lipinski definition) is 6. The summed E-state index contributed by atoms with van der Waals surface area (Å²) >= 11 is 24.8. The average molecular weight is 500 g/mol. The van der Waals surface area contributed by atoms with Crippen LogP contribution < -0.4 is 0 Å². The molecule has 0 heterocycles. The Bertz CT molecular complexity index is 955. The van der Waals surface area contributed by atoms with E-state index in [-0.39, 0.29) is 31.0 Å². The SMILES string of the molecule is COC(=O)C=C1C=CC(S(=O)(=O)C2=C(Cl)C(Cl)C(=CC(=O)OC)C=C2)=C(Cl)C1Cl. The summed E-state index contributed by atoms with van der Waals surface area (Å²) in [7, 11) is -1.81. The molecule has 2 rings (SSSR count). The van der Waals surface area contributed by atoms with Crippen molar-refractivity contribution in [2.45, 2.75) is 10.8 Å². The van der Waals surface area contributed by atoms with Gasteiger partial charge in [-0.3, -0.25) is 0 Å². The first-order valence-corrected chi connectivity index (χ1v) is 10.9. The van der Waals surface area contributed by atoms with Gasteiger partial charge in [-0.25, -0.2) is 18.0 Å². The molecule has 29 heavy (non-hydrogen) atoms. The largest absolute Gasteiger partial charge is 0.466 e. The van der Waals surface area contributed by atoms with E-state index in [1.165, 1.54) is 38.5 Å². The molecule has 2 aliphatic rings. The highest BCUT2D eigenvalue weighted by Gasteiger charge is 2.34. The van der Waals surface area contributed by atoms with E-state index in [1.807, 2.05) is 0 Å². The fraction of sp³-hybridized carbons (Fsp3) is 0.222. The van der Waals surface area contributed by atoms with Crippen LogP contribution >= 0.6 is 46.4 Å². The maximum Gasteiger partial charge on any atom is 0.330 e. The number of allylic oxidation sites excluding steroid dienone is 8. The molecule has 156 valence electrons.